The van der Waals surface area contributed by atoms with Crippen LogP contribution in [0.15, 0.2) is 89.7 Å². The Balaban J connectivity index is 1.98. The highest BCUT2D eigenvalue weighted by molar-refractivity contribution is 6.12. The number of aromatic nitrogens is 2. The minimum absolute atomic E-state index is 0.0183. The molecule has 0 spiro atoms. The van der Waals surface area contributed by atoms with E-state index in [0.29, 0.717) is 34.6 Å². The molecule has 0 aliphatic heterocycles. The van der Waals surface area contributed by atoms with Crippen LogP contribution in [0, 0.1) is 0 Å². The van der Waals surface area contributed by atoms with Gasteiger partial charge in [0.1, 0.15) is 5.56 Å². The summed E-state index contributed by atoms with van der Waals surface area (Å²) in [6.45, 7) is 3.54. The van der Waals surface area contributed by atoms with Gasteiger partial charge in [0, 0.05) is 23.2 Å². The van der Waals surface area contributed by atoms with Crippen LogP contribution in [0.4, 0.5) is 5.69 Å². The molecular formula is C27H23N3O3. The van der Waals surface area contributed by atoms with Gasteiger partial charge in [-0.15, -0.1) is 0 Å². The maximum Gasteiger partial charge on any atom is 0.280 e. The number of rotatable bonds is 6. The molecule has 4 aromatic rings. The van der Waals surface area contributed by atoms with Crippen LogP contribution in [0.5, 0.6) is 0 Å². The van der Waals surface area contributed by atoms with Crippen LogP contribution in [0.1, 0.15) is 34.6 Å². The summed E-state index contributed by atoms with van der Waals surface area (Å²) in [5, 5.41) is 7.39. The molecule has 33 heavy (non-hydrogen) atoms. The van der Waals surface area contributed by atoms with Crippen LogP contribution in [0.25, 0.3) is 22.4 Å². The molecule has 0 unspecified atom stereocenters. The molecule has 6 nitrogen and oxygen atoms in total. The predicted octanol–water partition coefficient (Wildman–Crippen LogP) is 5.05. The number of benzene rings is 3. The molecule has 4 rings (SSSR count). The van der Waals surface area contributed by atoms with Crippen molar-refractivity contribution in [3.8, 4) is 22.4 Å². The van der Waals surface area contributed by atoms with Crippen molar-refractivity contribution in [3.05, 3.63) is 106 Å². The molecule has 1 N–H and O–H groups in total. The number of Topliss-reactive ketones (excluding diaryl/α,β-unsaturated/α-hetero) is 1. The normalized spacial score (nSPS) is 10.6. The van der Waals surface area contributed by atoms with Gasteiger partial charge in [0.2, 0.25) is 0 Å². The van der Waals surface area contributed by atoms with E-state index in [4.69, 9.17) is 0 Å². The molecule has 0 aliphatic rings. The second-order valence-electron chi connectivity index (χ2n) is 7.51. The van der Waals surface area contributed by atoms with E-state index in [-0.39, 0.29) is 11.3 Å². The number of nitrogens with zero attached hydrogens (tertiary/aromatic N) is 2. The molecular weight excluding hydrogens is 414 g/mol. The van der Waals surface area contributed by atoms with Gasteiger partial charge in [-0.1, -0.05) is 72.8 Å². The van der Waals surface area contributed by atoms with Gasteiger partial charge in [-0.05, 0) is 31.5 Å². The van der Waals surface area contributed by atoms with Crippen molar-refractivity contribution in [1.29, 1.82) is 0 Å². The molecule has 0 aliphatic carbocycles. The number of para-hydroxylation sites is 1. The summed E-state index contributed by atoms with van der Waals surface area (Å²) < 4.78 is 1.29. The summed E-state index contributed by atoms with van der Waals surface area (Å²) in [5.74, 6) is -0.769. The zero-order valence-electron chi connectivity index (χ0n) is 18.4. The van der Waals surface area contributed by atoms with E-state index in [2.05, 4.69) is 10.4 Å². The van der Waals surface area contributed by atoms with Gasteiger partial charge in [0.05, 0.1) is 11.4 Å². The number of nitrogens with one attached hydrogen (secondary N) is 1. The summed E-state index contributed by atoms with van der Waals surface area (Å²) in [4.78, 5) is 39.0. The summed E-state index contributed by atoms with van der Waals surface area (Å²) in [6, 6.07) is 25.5. The summed E-state index contributed by atoms with van der Waals surface area (Å²) >= 11 is 0. The Labute approximate surface area is 191 Å². The fourth-order valence-electron chi connectivity index (χ4n) is 3.76. The van der Waals surface area contributed by atoms with Crippen LogP contribution in [0.3, 0.4) is 0 Å². The lowest BCUT2D eigenvalue weighted by Crippen LogP contribution is -2.32. The Morgan fingerprint density at radius 1 is 0.848 bits per heavy atom. The fraction of sp³-hybridized carbons (Fsp3) is 0.111. The number of amides is 1. The van der Waals surface area contributed by atoms with Gasteiger partial charge in [0.15, 0.2) is 5.78 Å². The van der Waals surface area contributed by atoms with Crippen molar-refractivity contribution in [2.45, 2.75) is 20.4 Å². The molecule has 1 aromatic heterocycles. The number of carbonyl (C=O) groups is 2. The first-order chi connectivity index (χ1) is 16.0. The lowest BCUT2D eigenvalue weighted by atomic mass is 9.95. The van der Waals surface area contributed by atoms with E-state index in [0.717, 1.165) is 5.56 Å². The summed E-state index contributed by atoms with van der Waals surface area (Å²) in [7, 11) is 0. The van der Waals surface area contributed by atoms with Gasteiger partial charge in [-0.3, -0.25) is 14.4 Å². The Morgan fingerprint density at radius 2 is 1.42 bits per heavy atom. The monoisotopic (exact) mass is 437 g/mol. The van der Waals surface area contributed by atoms with Gasteiger partial charge >= 0.3 is 0 Å². The van der Waals surface area contributed by atoms with Crippen molar-refractivity contribution in [2.75, 3.05) is 5.32 Å². The van der Waals surface area contributed by atoms with Crippen LogP contribution < -0.4 is 10.9 Å². The third-order valence-corrected chi connectivity index (χ3v) is 5.35. The molecule has 3 aromatic carbocycles. The number of hydrogen-bond acceptors (Lipinski definition) is 4. The Kier molecular flexibility index (Phi) is 6.26. The molecule has 0 atom stereocenters. The number of carbonyl (C=O) groups excluding carboxylic acids is 2. The maximum atomic E-state index is 13.6. The molecule has 1 heterocycles. The van der Waals surface area contributed by atoms with Gasteiger partial charge in [-0.25, -0.2) is 4.68 Å². The predicted molar refractivity (Wildman–Crippen MR) is 129 cm³/mol. The van der Waals surface area contributed by atoms with E-state index in [1.807, 2.05) is 60.7 Å². The fourth-order valence-corrected chi connectivity index (χ4v) is 3.76. The highest BCUT2D eigenvalue weighted by Gasteiger charge is 2.25. The van der Waals surface area contributed by atoms with Crippen LogP contribution in [0.2, 0.25) is 0 Å². The highest BCUT2D eigenvalue weighted by Crippen LogP contribution is 2.32. The SMILES string of the molecule is CCn1nc(-c2ccccc2)c(-c2ccccc2)c(C(=O)Nc2ccccc2C(C)=O)c1=O. The first-order valence-electron chi connectivity index (χ1n) is 10.7. The molecule has 164 valence electrons. The average molecular weight is 437 g/mol. The molecule has 0 fully saturated rings. The minimum atomic E-state index is -0.589. The van der Waals surface area contributed by atoms with Crippen LogP contribution in [-0.4, -0.2) is 21.5 Å². The van der Waals surface area contributed by atoms with Gasteiger partial charge in [0.25, 0.3) is 11.5 Å². The molecule has 0 bridgehead atoms. The van der Waals surface area contributed by atoms with E-state index in [1.165, 1.54) is 11.6 Å². The number of anilines is 1. The van der Waals surface area contributed by atoms with Gasteiger partial charge < -0.3 is 5.32 Å². The minimum Gasteiger partial charge on any atom is -0.321 e. The van der Waals surface area contributed by atoms with Crippen molar-refractivity contribution in [1.82, 2.24) is 9.78 Å². The standard InChI is InChI=1S/C27H23N3O3/c1-3-30-27(33)24(26(32)28-22-17-11-10-16-21(22)18(2)31)23(19-12-6-4-7-13-19)25(29-30)20-14-8-5-9-15-20/h4-17H,3H2,1-2H3,(H,28,32). The maximum absolute atomic E-state index is 13.6. The van der Waals surface area contributed by atoms with Crippen molar-refractivity contribution in [2.24, 2.45) is 0 Å². The second-order valence-corrected chi connectivity index (χ2v) is 7.51. The number of hydrogen-bond donors (Lipinski definition) is 1. The Bertz CT molecular complexity index is 1380. The quantitative estimate of drug-likeness (QED) is 0.428. The van der Waals surface area contributed by atoms with Crippen molar-refractivity contribution >= 4 is 17.4 Å². The largest absolute Gasteiger partial charge is 0.321 e. The van der Waals surface area contributed by atoms with Crippen LogP contribution in [-0.2, 0) is 6.54 Å². The molecule has 1 amide bonds. The first-order valence-corrected chi connectivity index (χ1v) is 10.7. The Morgan fingerprint density at radius 3 is 2.03 bits per heavy atom. The first kappa shape index (κ1) is 21.9. The summed E-state index contributed by atoms with van der Waals surface area (Å²) in [5.41, 5.74) is 2.70. The van der Waals surface area contributed by atoms with Crippen molar-refractivity contribution in [3.63, 3.8) is 0 Å². The zero-order chi connectivity index (χ0) is 23.4. The third-order valence-electron chi connectivity index (χ3n) is 5.35. The van der Waals surface area contributed by atoms with Gasteiger partial charge in [-0.2, -0.15) is 5.10 Å². The topological polar surface area (TPSA) is 81.1 Å². The smallest absolute Gasteiger partial charge is 0.280 e. The van der Waals surface area contributed by atoms with Crippen molar-refractivity contribution < 1.29 is 9.59 Å². The number of aryl methyl sites for hydroxylation is 1. The average Bonchev–Trinajstić information content (AvgIpc) is 2.85. The van der Waals surface area contributed by atoms with Crippen LogP contribution >= 0.6 is 0 Å². The van der Waals surface area contributed by atoms with E-state index >= 15 is 0 Å². The lowest BCUT2D eigenvalue weighted by Gasteiger charge is -2.17. The lowest BCUT2D eigenvalue weighted by molar-refractivity contribution is 0.101. The number of ketones is 1. The Hall–Kier alpha value is -4.32. The highest BCUT2D eigenvalue weighted by atomic mass is 16.2. The second kappa shape index (κ2) is 9.44. The third kappa shape index (κ3) is 4.36. The molecule has 0 saturated carbocycles. The van der Waals surface area contributed by atoms with E-state index in [1.54, 1.807) is 31.2 Å². The molecule has 0 saturated heterocycles. The zero-order valence-corrected chi connectivity index (χ0v) is 18.4. The van der Waals surface area contributed by atoms with E-state index in [9.17, 15) is 14.4 Å². The molecule has 0 radical (unpaired) electrons. The molecule has 6 heteroatoms. The van der Waals surface area contributed by atoms with E-state index < -0.39 is 11.5 Å². The summed E-state index contributed by atoms with van der Waals surface area (Å²) in [6.07, 6.45) is 0.